The van der Waals surface area contributed by atoms with Crippen LogP contribution in [0, 0.1) is 5.92 Å². The minimum absolute atomic E-state index is 0.429. The van der Waals surface area contributed by atoms with E-state index in [1.54, 1.807) is 6.26 Å². The lowest BCUT2D eigenvalue weighted by Gasteiger charge is -2.21. The monoisotopic (exact) mass is 266 g/mol. The normalized spacial score (nSPS) is 24.7. The maximum atomic E-state index is 5.58. The summed E-state index contributed by atoms with van der Waals surface area (Å²) in [6.07, 6.45) is 3.84. The Hall–Kier alpha value is -0.840. The summed E-state index contributed by atoms with van der Waals surface area (Å²) in [5.41, 5.74) is 0. The molecule has 108 valence electrons. The maximum absolute atomic E-state index is 5.58. The summed E-state index contributed by atoms with van der Waals surface area (Å²) in [5.74, 6) is 1.62. The smallest absolute Gasteiger partial charge is 0.105 e. The average Bonchev–Trinajstić information content (AvgIpc) is 3.05. The largest absolute Gasteiger partial charge is 0.469 e. The van der Waals surface area contributed by atoms with Crippen LogP contribution in [-0.2, 0) is 11.2 Å². The third-order valence-electron chi connectivity index (χ3n) is 3.67. The average molecular weight is 266 g/mol. The van der Waals surface area contributed by atoms with Crippen molar-refractivity contribution in [2.45, 2.75) is 38.8 Å². The molecule has 19 heavy (non-hydrogen) atoms. The van der Waals surface area contributed by atoms with Gasteiger partial charge in [0.15, 0.2) is 0 Å². The van der Waals surface area contributed by atoms with Gasteiger partial charge in [0.25, 0.3) is 0 Å². The highest BCUT2D eigenvalue weighted by Crippen LogP contribution is 2.13. The molecule has 1 aromatic heterocycles. The molecule has 3 atom stereocenters. The summed E-state index contributed by atoms with van der Waals surface area (Å²) in [5, 5.41) is 7.16. The second-order valence-electron chi connectivity index (χ2n) is 5.45. The van der Waals surface area contributed by atoms with E-state index in [2.05, 4.69) is 24.5 Å². The highest BCUT2D eigenvalue weighted by molar-refractivity contribution is 5.00. The topological polar surface area (TPSA) is 46.4 Å². The fourth-order valence-corrected chi connectivity index (χ4v) is 2.51. The highest BCUT2D eigenvalue weighted by atomic mass is 16.5. The summed E-state index contributed by atoms with van der Waals surface area (Å²) in [4.78, 5) is 0. The molecule has 1 aliphatic rings. The first-order chi connectivity index (χ1) is 9.29. The Morgan fingerprint density at radius 1 is 1.42 bits per heavy atom. The van der Waals surface area contributed by atoms with Crippen LogP contribution in [0.1, 0.15) is 26.0 Å². The van der Waals surface area contributed by atoms with Crippen molar-refractivity contribution in [2.24, 2.45) is 5.92 Å². The van der Waals surface area contributed by atoms with Crippen LogP contribution >= 0.6 is 0 Å². The van der Waals surface area contributed by atoms with Gasteiger partial charge in [0, 0.05) is 31.0 Å². The van der Waals surface area contributed by atoms with Crippen LogP contribution in [0.15, 0.2) is 22.8 Å². The first-order valence-corrected chi connectivity index (χ1v) is 7.36. The van der Waals surface area contributed by atoms with Gasteiger partial charge in [-0.1, -0.05) is 6.92 Å². The van der Waals surface area contributed by atoms with Crippen LogP contribution in [-0.4, -0.2) is 38.4 Å². The number of hydrogen-bond donors (Lipinski definition) is 2. The van der Waals surface area contributed by atoms with E-state index in [1.807, 2.05) is 12.1 Å². The van der Waals surface area contributed by atoms with Crippen molar-refractivity contribution in [1.29, 1.82) is 0 Å². The summed E-state index contributed by atoms with van der Waals surface area (Å²) in [6.45, 7) is 8.19. The van der Waals surface area contributed by atoms with Gasteiger partial charge in [-0.25, -0.2) is 0 Å². The van der Waals surface area contributed by atoms with Gasteiger partial charge in [-0.2, -0.15) is 0 Å². The van der Waals surface area contributed by atoms with Gasteiger partial charge in [0.05, 0.1) is 19.5 Å². The molecule has 0 amide bonds. The molecule has 4 heteroatoms. The molecule has 2 N–H and O–H groups in total. The van der Waals surface area contributed by atoms with Crippen molar-refractivity contribution in [3.05, 3.63) is 24.2 Å². The fraction of sp³-hybridized carbons (Fsp3) is 0.733. The Kier molecular flexibility index (Phi) is 5.89. The Morgan fingerprint density at radius 3 is 3.05 bits per heavy atom. The highest BCUT2D eigenvalue weighted by Gasteiger charge is 2.27. The maximum Gasteiger partial charge on any atom is 0.105 e. The molecule has 0 saturated carbocycles. The summed E-state index contributed by atoms with van der Waals surface area (Å²) in [6, 6.07) is 4.90. The lowest BCUT2D eigenvalue weighted by molar-refractivity contribution is 0.181. The Bertz CT molecular complexity index is 340. The lowest BCUT2D eigenvalue weighted by atomic mass is 10.0. The zero-order chi connectivity index (χ0) is 13.5. The van der Waals surface area contributed by atoms with Gasteiger partial charge in [-0.3, -0.25) is 0 Å². The summed E-state index contributed by atoms with van der Waals surface area (Å²) < 4.78 is 11.0. The molecule has 1 aromatic rings. The van der Waals surface area contributed by atoms with Gasteiger partial charge in [-0.15, -0.1) is 0 Å². The van der Waals surface area contributed by atoms with Crippen LogP contribution in [0.5, 0.6) is 0 Å². The van der Waals surface area contributed by atoms with Crippen molar-refractivity contribution in [3.63, 3.8) is 0 Å². The molecule has 3 unspecified atom stereocenters. The minimum atomic E-state index is 0.429. The SMILES string of the molecule is CCCNC1COCC1CNC(C)Cc1ccco1. The molecule has 0 bridgehead atoms. The third-order valence-corrected chi connectivity index (χ3v) is 3.67. The van der Waals surface area contributed by atoms with Crippen LogP contribution < -0.4 is 10.6 Å². The van der Waals surface area contributed by atoms with Gasteiger partial charge in [0.1, 0.15) is 5.76 Å². The number of ether oxygens (including phenoxy) is 1. The first-order valence-electron chi connectivity index (χ1n) is 7.36. The van der Waals surface area contributed by atoms with Crippen molar-refractivity contribution in [1.82, 2.24) is 10.6 Å². The lowest BCUT2D eigenvalue weighted by Crippen LogP contribution is -2.42. The summed E-state index contributed by atoms with van der Waals surface area (Å²) in [7, 11) is 0. The molecule has 0 spiro atoms. The zero-order valence-corrected chi connectivity index (χ0v) is 12.0. The van der Waals surface area contributed by atoms with Crippen LogP contribution in [0.25, 0.3) is 0 Å². The van der Waals surface area contributed by atoms with Crippen molar-refractivity contribution < 1.29 is 9.15 Å². The van der Waals surface area contributed by atoms with E-state index in [9.17, 15) is 0 Å². The van der Waals surface area contributed by atoms with E-state index in [4.69, 9.17) is 9.15 Å². The number of furan rings is 1. The standard InChI is InChI=1S/C15H26N2O2/c1-3-6-16-15-11-18-10-13(15)9-17-12(2)8-14-5-4-7-19-14/h4-5,7,12-13,15-17H,3,6,8-11H2,1-2H3. The van der Waals surface area contributed by atoms with Gasteiger partial charge < -0.3 is 19.8 Å². The van der Waals surface area contributed by atoms with Gasteiger partial charge in [0.2, 0.25) is 0 Å². The predicted octanol–water partition coefficient (Wildman–Crippen LogP) is 1.81. The van der Waals surface area contributed by atoms with Crippen LogP contribution in [0.2, 0.25) is 0 Å². The van der Waals surface area contributed by atoms with E-state index in [-0.39, 0.29) is 0 Å². The first kappa shape index (κ1) is 14.6. The van der Waals surface area contributed by atoms with Crippen LogP contribution in [0.4, 0.5) is 0 Å². The molecule has 2 heterocycles. The van der Waals surface area contributed by atoms with Crippen LogP contribution in [0.3, 0.4) is 0 Å². The molecule has 4 nitrogen and oxygen atoms in total. The third kappa shape index (κ3) is 4.64. The van der Waals surface area contributed by atoms with Crippen molar-refractivity contribution >= 4 is 0 Å². The molecule has 1 aliphatic heterocycles. The molecule has 0 aliphatic carbocycles. The number of nitrogens with one attached hydrogen (secondary N) is 2. The molecule has 0 aromatic carbocycles. The molecule has 2 rings (SSSR count). The Morgan fingerprint density at radius 2 is 2.32 bits per heavy atom. The predicted molar refractivity (Wildman–Crippen MR) is 76.3 cm³/mol. The Balaban J connectivity index is 1.68. The molecule has 0 radical (unpaired) electrons. The Labute approximate surface area is 115 Å². The molecular formula is C15H26N2O2. The van der Waals surface area contributed by atoms with E-state index >= 15 is 0 Å². The number of hydrogen-bond acceptors (Lipinski definition) is 4. The second-order valence-corrected chi connectivity index (χ2v) is 5.45. The van der Waals surface area contributed by atoms with Crippen molar-refractivity contribution in [2.75, 3.05) is 26.3 Å². The second kappa shape index (κ2) is 7.68. The van der Waals surface area contributed by atoms with E-state index in [0.29, 0.717) is 18.0 Å². The quantitative estimate of drug-likeness (QED) is 0.753. The zero-order valence-electron chi connectivity index (χ0n) is 12.0. The van der Waals surface area contributed by atoms with Gasteiger partial charge >= 0.3 is 0 Å². The minimum Gasteiger partial charge on any atom is -0.469 e. The molecule has 1 fully saturated rings. The number of rotatable bonds is 8. The molecule has 1 saturated heterocycles. The van der Waals surface area contributed by atoms with E-state index in [1.165, 1.54) is 6.42 Å². The molecular weight excluding hydrogens is 240 g/mol. The van der Waals surface area contributed by atoms with E-state index in [0.717, 1.165) is 38.5 Å². The van der Waals surface area contributed by atoms with E-state index < -0.39 is 0 Å². The fourth-order valence-electron chi connectivity index (χ4n) is 2.51. The van der Waals surface area contributed by atoms with Crippen molar-refractivity contribution in [3.8, 4) is 0 Å². The summed E-state index contributed by atoms with van der Waals surface area (Å²) >= 11 is 0. The van der Waals surface area contributed by atoms with Gasteiger partial charge in [-0.05, 0) is 32.0 Å².